The summed E-state index contributed by atoms with van der Waals surface area (Å²) in [5.74, 6) is -1.17. The number of hydrogen-bond acceptors (Lipinski definition) is 4. The van der Waals surface area contributed by atoms with Crippen molar-refractivity contribution < 1.29 is 15.0 Å². The van der Waals surface area contributed by atoms with Crippen LogP contribution in [0.2, 0.25) is 0 Å². The number of carboxylic acid groups (broad SMARTS) is 1. The summed E-state index contributed by atoms with van der Waals surface area (Å²) in [5.41, 5.74) is -0.413. The van der Waals surface area contributed by atoms with E-state index in [0.29, 0.717) is 0 Å². The number of rotatable bonds is 3. The van der Waals surface area contributed by atoms with E-state index in [1.54, 1.807) is 11.3 Å². The summed E-state index contributed by atoms with van der Waals surface area (Å²) in [5, 5.41) is 20.8. The van der Waals surface area contributed by atoms with E-state index in [9.17, 15) is 9.90 Å². The summed E-state index contributed by atoms with van der Waals surface area (Å²) in [4.78, 5) is 14.3. The van der Waals surface area contributed by atoms with E-state index in [-0.39, 0.29) is 12.6 Å². The average molecular weight is 255 g/mol. The first-order valence-electron chi connectivity index (χ1n) is 5.68. The van der Waals surface area contributed by atoms with Crippen LogP contribution in [0.5, 0.6) is 0 Å². The van der Waals surface area contributed by atoms with Crippen LogP contribution in [0.1, 0.15) is 30.3 Å². The van der Waals surface area contributed by atoms with Crippen LogP contribution < -0.4 is 0 Å². The Kier molecular flexibility index (Phi) is 3.25. The molecule has 0 saturated carbocycles. The lowest BCUT2D eigenvalue weighted by molar-refractivity contribution is -0.159. The minimum Gasteiger partial charge on any atom is -0.479 e. The maximum Gasteiger partial charge on any atom is 0.336 e. The summed E-state index contributed by atoms with van der Waals surface area (Å²) < 4.78 is 0. The first kappa shape index (κ1) is 12.5. The third-order valence-electron chi connectivity index (χ3n) is 3.38. The Morgan fingerprint density at radius 1 is 1.71 bits per heavy atom. The smallest absolute Gasteiger partial charge is 0.336 e. The van der Waals surface area contributed by atoms with Crippen molar-refractivity contribution in [2.75, 3.05) is 13.1 Å². The van der Waals surface area contributed by atoms with Gasteiger partial charge in [-0.1, -0.05) is 0 Å². The minimum atomic E-state index is -1.68. The summed E-state index contributed by atoms with van der Waals surface area (Å²) in [7, 11) is 0. The van der Waals surface area contributed by atoms with Crippen molar-refractivity contribution in [3.63, 3.8) is 0 Å². The molecule has 0 spiro atoms. The molecule has 94 valence electrons. The van der Waals surface area contributed by atoms with Gasteiger partial charge < -0.3 is 10.2 Å². The largest absolute Gasteiger partial charge is 0.479 e. The van der Waals surface area contributed by atoms with E-state index < -0.39 is 11.6 Å². The van der Waals surface area contributed by atoms with Gasteiger partial charge in [-0.05, 0) is 37.3 Å². The second-order valence-corrected chi connectivity index (χ2v) is 5.78. The van der Waals surface area contributed by atoms with Crippen LogP contribution in [0.25, 0.3) is 0 Å². The normalized spacial score (nSPS) is 24.1. The fourth-order valence-electron chi connectivity index (χ4n) is 2.24. The van der Waals surface area contributed by atoms with E-state index in [1.165, 1.54) is 17.4 Å². The molecule has 0 bridgehead atoms. The fourth-order valence-corrected chi connectivity index (χ4v) is 3.20. The van der Waals surface area contributed by atoms with Gasteiger partial charge in [0.1, 0.15) is 0 Å². The zero-order valence-corrected chi connectivity index (χ0v) is 10.8. The second-order valence-electron chi connectivity index (χ2n) is 4.77. The molecule has 0 fully saturated rings. The van der Waals surface area contributed by atoms with E-state index in [2.05, 4.69) is 18.4 Å². The maximum absolute atomic E-state index is 10.9. The molecule has 2 rings (SSSR count). The van der Waals surface area contributed by atoms with E-state index >= 15 is 0 Å². The first-order valence-corrected chi connectivity index (χ1v) is 6.56. The standard InChI is InChI=1S/C12H17NO3S/c1-8-9-4-6-17-10(9)3-5-13(8)7-12(2,16)11(14)15/h4,6,8,16H,3,5,7H2,1-2H3,(H,14,15). The third-order valence-corrected chi connectivity index (χ3v) is 4.37. The van der Waals surface area contributed by atoms with Crippen LogP contribution in [0.3, 0.4) is 0 Å². The van der Waals surface area contributed by atoms with Gasteiger partial charge in [0.15, 0.2) is 5.60 Å². The highest BCUT2D eigenvalue weighted by molar-refractivity contribution is 7.10. The van der Waals surface area contributed by atoms with E-state index in [1.807, 2.05) is 4.90 Å². The van der Waals surface area contributed by atoms with E-state index in [0.717, 1.165) is 13.0 Å². The number of carbonyl (C=O) groups is 1. The highest BCUT2D eigenvalue weighted by Gasteiger charge is 2.35. The number of aliphatic hydroxyl groups is 1. The van der Waals surface area contributed by atoms with Crippen molar-refractivity contribution in [1.82, 2.24) is 4.90 Å². The molecule has 2 heterocycles. The predicted molar refractivity (Wildman–Crippen MR) is 66.3 cm³/mol. The molecule has 0 radical (unpaired) electrons. The average Bonchev–Trinajstić information content (AvgIpc) is 2.70. The van der Waals surface area contributed by atoms with Crippen LogP contribution in [-0.4, -0.2) is 39.8 Å². The molecule has 0 aromatic carbocycles. The highest BCUT2D eigenvalue weighted by atomic mass is 32.1. The van der Waals surface area contributed by atoms with Crippen LogP contribution in [-0.2, 0) is 11.2 Å². The number of hydrogen-bond donors (Lipinski definition) is 2. The van der Waals surface area contributed by atoms with Gasteiger partial charge in [0.25, 0.3) is 0 Å². The molecule has 0 amide bonds. The zero-order valence-electron chi connectivity index (χ0n) is 10.0. The summed E-state index contributed by atoms with van der Waals surface area (Å²) in [6.45, 7) is 4.38. The van der Waals surface area contributed by atoms with Crippen molar-refractivity contribution in [2.45, 2.75) is 31.9 Å². The van der Waals surface area contributed by atoms with Gasteiger partial charge in [-0.2, -0.15) is 0 Å². The van der Waals surface area contributed by atoms with Crippen molar-refractivity contribution in [3.05, 3.63) is 21.9 Å². The van der Waals surface area contributed by atoms with Gasteiger partial charge in [0.05, 0.1) is 0 Å². The second kappa shape index (κ2) is 4.40. The molecule has 5 heteroatoms. The number of nitrogens with zero attached hydrogens (tertiary/aromatic N) is 1. The topological polar surface area (TPSA) is 60.8 Å². The lowest BCUT2D eigenvalue weighted by atomic mass is 9.98. The molecular weight excluding hydrogens is 238 g/mol. The molecule has 17 heavy (non-hydrogen) atoms. The molecule has 0 aliphatic carbocycles. The van der Waals surface area contributed by atoms with Gasteiger partial charge in [-0.25, -0.2) is 4.79 Å². The number of thiophene rings is 1. The zero-order chi connectivity index (χ0) is 12.6. The van der Waals surface area contributed by atoms with Crippen LogP contribution in [0.15, 0.2) is 11.4 Å². The molecule has 1 aliphatic rings. The van der Waals surface area contributed by atoms with Crippen LogP contribution in [0, 0.1) is 0 Å². The molecule has 1 aromatic rings. The van der Waals surface area contributed by atoms with Crippen LogP contribution >= 0.6 is 11.3 Å². The van der Waals surface area contributed by atoms with Crippen molar-refractivity contribution in [2.24, 2.45) is 0 Å². The fraction of sp³-hybridized carbons (Fsp3) is 0.583. The highest BCUT2D eigenvalue weighted by Crippen LogP contribution is 2.33. The third kappa shape index (κ3) is 2.36. The van der Waals surface area contributed by atoms with Gasteiger partial charge in [-0.3, -0.25) is 4.90 Å². The number of fused-ring (bicyclic) bond motifs is 1. The monoisotopic (exact) mass is 255 g/mol. The molecule has 2 atom stereocenters. The summed E-state index contributed by atoms with van der Waals surface area (Å²) >= 11 is 1.75. The van der Waals surface area contributed by atoms with Crippen molar-refractivity contribution in [1.29, 1.82) is 0 Å². The molecule has 0 saturated heterocycles. The first-order chi connectivity index (χ1) is 7.92. The molecule has 1 aliphatic heterocycles. The Morgan fingerprint density at radius 3 is 3.06 bits per heavy atom. The van der Waals surface area contributed by atoms with E-state index in [4.69, 9.17) is 5.11 Å². The van der Waals surface area contributed by atoms with Crippen molar-refractivity contribution in [3.8, 4) is 0 Å². The molecule has 2 unspecified atom stereocenters. The maximum atomic E-state index is 10.9. The van der Waals surface area contributed by atoms with Gasteiger partial charge in [0.2, 0.25) is 0 Å². The minimum absolute atomic E-state index is 0.165. The molecule has 1 aromatic heterocycles. The van der Waals surface area contributed by atoms with Gasteiger partial charge >= 0.3 is 5.97 Å². The van der Waals surface area contributed by atoms with Crippen molar-refractivity contribution >= 4 is 17.3 Å². The van der Waals surface area contributed by atoms with Gasteiger partial charge in [-0.15, -0.1) is 11.3 Å². The summed E-state index contributed by atoms with van der Waals surface area (Å²) in [6.07, 6.45) is 0.938. The number of aliphatic carboxylic acids is 1. The molecule has 2 N–H and O–H groups in total. The van der Waals surface area contributed by atoms with Gasteiger partial charge in [0, 0.05) is 24.0 Å². The lowest BCUT2D eigenvalue weighted by Gasteiger charge is -2.36. The Labute approximate surface area is 104 Å². The summed E-state index contributed by atoms with van der Waals surface area (Å²) in [6, 6.07) is 2.27. The van der Waals surface area contributed by atoms with Crippen LogP contribution in [0.4, 0.5) is 0 Å². The Balaban J connectivity index is 2.13. The number of carboxylic acids is 1. The number of β-amino-alcohol motifs (C(OH)–C–C–N with tert-alkyl or cyclic N) is 1. The lowest BCUT2D eigenvalue weighted by Crippen LogP contribution is -2.49. The Hall–Kier alpha value is -0.910. The molecule has 4 nitrogen and oxygen atoms in total. The molecular formula is C12H17NO3S. The quantitative estimate of drug-likeness (QED) is 0.859. The Morgan fingerprint density at radius 2 is 2.41 bits per heavy atom. The predicted octanol–water partition coefficient (Wildman–Crippen LogP) is 1.50. The Bertz CT molecular complexity index is 427. The SMILES string of the molecule is CC1c2ccsc2CCN1CC(C)(O)C(=O)O.